The van der Waals surface area contributed by atoms with Gasteiger partial charge in [-0.05, 0) is 30.5 Å². The Balaban J connectivity index is 2.81. The van der Waals surface area contributed by atoms with Gasteiger partial charge in [-0.2, -0.15) is 0 Å². The third kappa shape index (κ3) is 1.61. The van der Waals surface area contributed by atoms with Gasteiger partial charge in [-0.15, -0.1) is 0 Å². The third-order valence-electron chi connectivity index (χ3n) is 2.82. The van der Waals surface area contributed by atoms with Crippen molar-refractivity contribution in [3.05, 3.63) is 39.3 Å². The molecule has 0 atom stereocenters. The minimum absolute atomic E-state index is 0.0284. The first-order chi connectivity index (χ1) is 7.67. The molecule has 0 unspecified atom stereocenters. The average Bonchev–Trinajstić information content (AvgIpc) is 2.30. The van der Waals surface area contributed by atoms with Crippen molar-refractivity contribution in [3.8, 4) is 0 Å². The monoisotopic (exact) mass is 218 g/mol. The van der Waals surface area contributed by atoms with E-state index in [1.54, 1.807) is 0 Å². The van der Waals surface area contributed by atoms with E-state index in [4.69, 9.17) is 5.11 Å². The van der Waals surface area contributed by atoms with E-state index in [-0.39, 0.29) is 12.2 Å². The fourth-order valence-electron chi connectivity index (χ4n) is 1.78. The van der Waals surface area contributed by atoms with Crippen LogP contribution < -0.4 is 5.56 Å². The van der Waals surface area contributed by atoms with Gasteiger partial charge >= 0.3 is 0 Å². The van der Waals surface area contributed by atoms with Gasteiger partial charge in [-0.1, -0.05) is 13.0 Å². The number of fused-ring (bicyclic) bond motifs is 1. The molecule has 0 bridgehead atoms. The molecular formula is C12H14N2O2. The van der Waals surface area contributed by atoms with Gasteiger partial charge in [0.15, 0.2) is 0 Å². The second kappa shape index (κ2) is 4.06. The summed E-state index contributed by atoms with van der Waals surface area (Å²) in [5.74, 6) is 0. The minimum atomic E-state index is -0.145. The number of nitrogens with one attached hydrogen (secondary N) is 1. The van der Waals surface area contributed by atoms with E-state index in [2.05, 4.69) is 9.97 Å². The van der Waals surface area contributed by atoms with E-state index in [0.29, 0.717) is 17.6 Å². The van der Waals surface area contributed by atoms with Crippen LogP contribution in [0.2, 0.25) is 0 Å². The lowest BCUT2D eigenvalue weighted by molar-refractivity contribution is 0.281. The standard InChI is InChI=1S/C12H14N2O2/c1-3-9-12(16)14-11-7(2)8(6-15)4-5-10(11)13-9/h4-5,15H,3,6H2,1-2H3,(H,14,16). The molecule has 1 heterocycles. The molecule has 2 aromatic rings. The first-order valence-electron chi connectivity index (χ1n) is 5.29. The van der Waals surface area contributed by atoms with Gasteiger partial charge in [-0.25, -0.2) is 4.98 Å². The van der Waals surface area contributed by atoms with Crippen LogP contribution in [0.25, 0.3) is 11.0 Å². The lowest BCUT2D eigenvalue weighted by atomic mass is 10.1. The summed E-state index contributed by atoms with van der Waals surface area (Å²) in [6, 6.07) is 3.66. The lowest BCUT2D eigenvalue weighted by Gasteiger charge is -2.07. The van der Waals surface area contributed by atoms with E-state index in [0.717, 1.165) is 16.6 Å². The number of H-pyrrole nitrogens is 1. The first-order valence-corrected chi connectivity index (χ1v) is 5.29. The van der Waals surface area contributed by atoms with Crippen molar-refractivity contribution in [3.63, 3.8) is 0 Å². The topological polar surface area (TPSA) is 66.0 Å². The highest BCUT2D eigenvalue weighted by Gasteiger charge is 2.07. The summed E-state index contributed by atoms with van der Waals surface area (Å²) in [6.07, 6.45) is 0.617. The fourth-order valence-corrected chi connectivity index (χ4v) is 1.78. The second-order valence-corrected chi connectivity index (χ2v) is 3.77. The summed E-state index contributed by atoms with van der Waals surface area (Å²) in [4.78, 5) is 18.8. The van der Waals surface area contributed by atoms with Crippen LogP contribution >= 0.6 is 0 Å². The summed E-state index contributed by atoms with van der Waals surface area (Å²) >= 11 is 0. The molecule has 4 heteroatoms. The molecule has 2 rings (SSSR count). The summed E-state index contributed by atoms with van der Waals surface area (Å²) in [5, 5.41) is 9.14. The average molecular weight is 218 g/mol. The molecule has 84 valence electrons. The molecule has 1 aromatic heterocycles. The number of aryl methyl sites for hydroxylation is 2. The zero-order valence-electron chi connectivity index (χ0n) is 9.37. The number of aliphatic hydroxyl groups is 1. The van der Waals surface area contributed by atoms with Gasteiger partial charge in [0.05, 0.1) is 17.6 Å². The summed E-state index contributed by atoms with van der Waals surface area (Å²) in [5.41, 5.74) is 3.58. The molecule has 0 saturated heterocycles. The molecule has 0 aliphatic heterocycles. The second-order valence-electron chi connectivity index (χ2n) is 3.77. The summed E-state index contributed by atoms with van der Waals surface area (Å²) in [7, 11) is 0. The Bertz CT molecular complexity index is 587. The molecule has 1 aromatic carbocycles. The van der Waals surface area contributed by atoms with Crippen molar-refractivity contribution in [2.75, 3.05) is 0 Å². The maximum Gasteiger partial charge on any atom is 0.270 e. The van der Waals surface area contributed by atoms with Crippen LogP contribution in [0.5, 0.6) is 0 Å². The molecule has 0 amide bonds. The van der Waals surface area contributed by atoms with E-state index < -0.39 is 0 Å². The molecule has 4 nitrogen and oxygen atoms in total. The van der Waals surface area contributed by atoms with Crippen LogP contribution in [0, 0.1) is 6.92 Å². The molecule has 16 heavy (non-hydrogen) atoms. The Morgan fingerprint density at radius 2 is 2.19 bits per heavy atom. The van der Waals surface area contributed by atoms with E-state index in [9.17, 15) is 4.79 Å². The fraction of sp³-hybridized carbons (Fsp3) is 0.333. The predicted octanol–water partition coefficient (Wildman–Crippen LogP) is 1.29. The number of rotatable bonds is 2. The van der Waals surface area contributed by atoms with Gasteiger partial charge in [-0.3, -0.25) is 4.79 Å². The third-order valence-corrected chi connectivity index (χ3v) is 2.82. The molecule has 0 aliphatic carbocycles. The molecule has 2 N–H and O–H groups in total. The van der Waals surface area contributed by atoms with Crippen LogP contribution in [0.1, 0.15) is 23.7 Å². The maximum absolute atomic E-state index is 11.6. The molecule has 0 spiro atoms. The van der Waals surface area contributed by atoms with Crippen molar-refractivity contribution >= 4 is 11.0 Å². The van der Waals surface area contributed by atoms with Gasteiger partial charge in [0.2, 0.25) is 0 Å². The smallest absolute Gasteiger partial charge is 0.270 e. The predicted molar refractivity (Wildman–Crippen MR) is 62.4 cm³/mol. The van der Waals surface area contributed by atoms with E-state index >= 15 is 0 Å². The summed E-state index contributed by atoms with van der Waals surface area (Å²) < 4.78 is 0. The molecular weight excluding hydrogens is 204 g/mol. The Labute approximate surface area is 93.0 Å². The zero-order chi connectivity index (χ0) is 11.7. The largest absolute Gasteiger partial charge is 0.392 e. The number of aliphatic hydroxyl groups excluding tert-OH is 1. The van der Waals surface area contributed by atoms with Crippen LogP contribution in [-0.2, 0) is 13.0 Å². The number of aromatic nitrogens is 2. The number of aromatic amines is 1. The summed E-state index contributed by atoms with van der Waals surface area (Å²) in [6.45, 7) is 3.74. The minimum Gasteiger partial charge on any atom is -0.392 e. The van der Waals surface area contributed by atoms with Crippen molar-refractivity contribution in [2.24, 2.45) is 0 Å². The Kier molecular flexibility index (Phi) is 2.75. The van der Waals surface area contributed by atoms with Gasteiger partial charge in [0.1, 0.15) is 5.69 Å². The van der Waals surface area contributed by atoms with Crippen molar-refractivity contribution in [1.29, 1.82) is 0 Å². The SMILES string of the molecule is CCc1nc2ccc(CO)c(C)c2[nH]c1=O. The van der Waals surface area contributed by atoms with Crippen molar-refractivity contribution in [2.45, 2.75) is 26.9 Å². The zero-order valence-corrected chi connectivity index (χ0v) is 9.37. The Morgan fingerprint density at radius 3 is 2.81 bits per heavy atom. The van der Waals surface area contributed by atoms with Crippen molar-refractivity contribution in [1.82, 2.24) is 9.97 Å². The highest BCUT2D eigenvalue weighted by Crippen LogP contribution is 2.17. The number of nitrogens with zero attached hydrogens (tertiary/aromatic N) is 1. The van der Waals surface area contributed by atoms with Gasteiger partial charge in [0.25, 0.3) is 5.56 Å². The maximum atomic E-state index is 11.6. The Hall–Kier alpha value is -1.68. The van der Waals surface area contributed by atoms with Crippen LogP contribution in [0.4, 0.5) is 0 Å². The van der Waals surface area contributed by atoms with E-state index in [1.807, 2.05) is 26.0 Å². The first kappa shape index (κ1) is 10.8. The highest BCUT2D eigenvalue weighted by atomic mass is 16.3. The van der Waals surface area contributed by atoms with Crippen LogP contribution in [0.15, 0.2) is 16.9 Å². The number of hydrogen-bond donors (Lipinski definition) is 2. The number of hydrogen-bond acceptors (Lipinski definition) is 3. The van der Waals surface area contributed by atoms with Crippen molar-refractivity contribution < 1.29 is 5.11 Å². The highest BCUT2D eigenvalue weighted by molar-refractivity contribution is 5.78. The number of benzene rings is 1. The van der Waals surface area contributed by atoms with Gasteiger partial charge in [0, 0.05) is 0 Å². The molecule has 0 saturated carbocycles. The quantitative estimate of drug-likeness (QED) is 0.798. The van der Waals surface area contributed by atoms with E-state index in [1.165, 1.54) is 0 Å². The Morgan fingerprint density at radius 1 is 1.44 bits per heavy atom. The molecule has 0 fully saturated rings. The molecule has 0 aliphatic rings. The lowest BCUT2D eigenvalue weighted by Crippen LogP contribution is -2.15. The molecule has 0 radical (unpaired) electrons. The van der Waals surface area contributed by atoms with Gasteiger partial charge < -0.3 is 10.1 Å². The normalized spacial score (nSPS) is 10.9. The van der Waals surface area contributed by atoms with Crippen LogP contribution in [-0.4, -0.2) is 15.1 Å². The van der Waals surface area contributed by atoms with Crippen LogP contribution in [0.3, 0.4) is 0 Å².